The molecule has 0 spiro atoms. The molecule has 7 heteroatoms. The Morgan fingerprint density at radius 3 is 3.00 bits per heavy atom. The third-order valence-electron chi connectivity index (χ3n) is 5.44. The maximum absolute atomic E-state index is 12.7. The van der Waals surface area contributed by atoms with Crippen LogP contribution >= 0.6 is 11.3 Å². The van der Waals surface area contributed by atoms with Gasteiger partial charge in [0.05, 0.1) is 15.9 Å². The number of hydrogen-bond donors (Lipinski definition) is 1. The smallest absolute Gasteiger partial charge is 0.226 e. The molecule has 0 saturated heterocycles. The number of hydrogen-bond acceptors (Lipinski definition) is 5. The summed E-state index contributed by atoms with van der Waals surface area (Å²) in [7, 11) is 0. The number of rotatable bonds is 5. The van der Waals surface area contributed by atoms with Crippen molar-refractivity contribution in [3.05, 3.63) is 77.5 Å². The minimum Gasteiger partial charge on any atom is -0.490 e. The Bertz CT molecular complexity index is 1320. The van der Waals surface area contributed by atoms with Crippen LogP contribution in [-0.2, 0) is 4.79 Å². The lowest BCUT2D eigenvalue weighted by Gasteiger charge is -2.24. The van der Waals surface area contributed by atoms with E-state index in [1.165, 1.54) is 5.56 Å². The first-order valence-electron chi connectivity index (χ1n) is 10.1. The highest BCUT2D eigenvalue weighted by atomic mass is 32.1. The van der Waals surface area contributed by atoms with Crippen molar-refractivity contribution in [2.75, 3.05) is 11.9 Å². The molecule has 0 fully saturated rings. The summed E-state index contributed by atoms with van der Waals surface area (Å²) in [6.45, 7) is 8.18. The number of amides is 1. The number of carbonyl (C=O) groups is 1. The highest BCUT2D eigenvalue weighted by Gasteiger charge is 2.33. The van der Waals surface area contributed by atoms with Crippen LogP contribution in [0.25, 0.3) is 15.3 Å². The number of benzene rings is 2. The van der Waals surface area contributed by atoms with E-state index in [1.807, 2.05) is 37.3 Å². The molecule has 156 valence electrons. The van der Waals surface area contributed by atoms with Crippen LogP contribution in [0.3, 0.4) is 0 Å². The van der Waals surface area contributed by atoms with Gasteiger partial charge in [-0.3, -0.25) is 4.79 Å². The van der Waals surface area contributed by atoms with Crippen LogP contribution in [0.4, 0.5) is 5.82 Å². The molecule has 1 unspecified atom stereocenters. The van der Waals surface area contributed by atoms with E-state index in [9.17, 15) is 4.79 Å². The monoisotopic (exact) mass is 430 g/mol. The summed E-state index contributed by atoms with van der Waals surface area (Å²) in [6.07, 6.45) is 2.08. The highest BCUT2D eigenvalue weighted by molar-refractivity contribution is 7.20. The molecule has 0 aliphatic carbocycles. The molecule has 1 N–H and O–H groups in total. The fraction of sp³-hybridized carbons (Fsp3) is 0.208. The van der Waals surface area contributed by atoms with Gasteiger partial charge < -0.3 is 10.1 Å². The second-order valence-electron chi connectivity index (χ2n) is 7.70. The molecule has 2 aromatic carbocycles. The summed E-state index contributed by atoms with van der Waals surface area (Å²) in [6, 6.07) is 14.1. The summed E-state index contributed by atoms with van der Waals surface area (Å²) in [4.78, 5) is 17.4. The number of aryl methyl sites for hydroxylation is 2. The van der Waals surface area contributed by atoms with Crippen molar-refractivity contribution in [2.45, 2.75) is 26.2 Å². The van der Waals surface area contributed by atoms with Crippen molar-refractivity contribution in [3.63, 3.8) is 0 Å². The lowest BCUT2D eigenvalue weighted by atomic mass is 9.86. The Morgan fingerprint density at radius 1 is 1.29 bits per heavy atom. The summed E-state index contributed by atoms with van der Waals surface area (Å²) in [5.41, 5.74) is 5.05. The summed E-state index contributed by atoms with van der Waals surface area (Å²) in [5.74, 6) is 1.33. The Kier molecular flexibility index (Phi) is 4.82. The van der Waals surface area contributed by atoms with E-state index < -0.39 is 0 Å². The fourth-order valence-electron chi connectivity index (χ4n) is 4.06. The van der Waals surface area contributed by atoms with Crippen LogP contribution in [0.2, 0.25) is 0 Å². The molecule has 2 aromatic heterocycles. The van der Waals surface area contributed by atoms with E-state index in [1.54, 1.807) is 22.1 Å². The van der Waals surface area contributed by atoms with E-state index in [2.05, 4.69) is 31.0 Å². The number of thiazole rings is 1. The highest BCUT2D eigenvalue weighted by Crippen LogP contribution is 2.41. The Labute approximate surface area is 184 Å². The summed E-state index contributed by atoms with van der Waals surface area (Å²) >= 11 is 1.57. The van der Waals surface area contributed by atoms with E-state index >= 15 is 0 Å². The van der Waals surface area contributed by atoms with Gasteiger partial charge in [-0.15, -0.1) is 0 Å². The van der Waals surface area contributed by atoms with Gasteiger partial charge in [-0.25, -0.2) is 4.98 Å². The molecule has 5 rings (SSSR count). The van der Waals surface area contributed by atoms with Crippen molar-refractivity contribution < 1.29 is 9.53 Å². The first-order valence-corrected chi connectivity index (χ1v) is 11.0. The van der Waals surface area contributed by atoms with Crippen molar-refractivity contribution in [2.24, 2.45) is 0 Å². The zero-order valence-electron chi connectivity index (χ0n) is 17.4. The third kappa shape index (κ3) is 3.51. The number of anilines is 1. The molecule has 1 atom stereocenters. The normalized spacial score (nSPS) is 15.5. The molecular weight excluding hydrogens is 408 g/mol. The standard InChI is InChI=1S/C24H22N4O2S/c1-4-10-30-17-7-5-6-16(12-17)18-13-21(29)26-23-22(18)15(3)27-28(23)24-25-19-9-8-14(2)11-20(19)31-24/h4-9,11-12,18H,1,10,13H2,2-3H3,(H,26,29). The maximum atomic E-state index is 12.7. The van der Waals surface area contributed by atoms with Crippen molar-refractivity contribution in [1.29, 1.82) is 0 Å². The number of carbonyl (C=O) groups excluding carboxylic acids is 1. The van der Waals surface area contributed by atoms with Gasteiger partial charge in [0.15, 0.2) is 0 Å². The van der Waals surface area contributed by atoms with E-state index in [0.29, 0.717) is 18.8 Å². The molecule has 1 amide bonds. The Balaban J connectivity index is 1.60. The molecule has 3 heterocycles. The average Bonchev–Trinajstić information content (AvgIpc) is 3.32. The van der Waals surface area contributed by atoms with Crippen LogP contribution in [0.5, 0.6) is 5.75 Å². The first-order chi connectivity index (χ1) is 15.0. The largest absolute Gasteiger partial charge is 0.490 e. The quantitative estimate of drug-likeness (QED) is 0.445. The molecular formula is C24H22N4O2S. The lowest BCUT2D eigenvalue weighted by molar-refractivity contribution is -0.116. The molecule has 1 aliphatic heterocycles. The van der Waals surface area contributed by atoms with Crippen molar-refractivity contribution in [1.82, 2.24) is 14.8 Å². The lowest BCUT2D eigenvalue weighted by Crippen LogP contribution is -2.25. The van der Waals surface area contributed by atoms with Gasteiger partial charge in [0, 0.05) is 17.9 Å². The van der Waals surface area contributed by atoms with Crippen LogP contribution in [-0.4, -0.2) is 27.3 Å². The number of ether oxygens (including phenoxy) is 1. The first kappa shape index (κ1) is 19.5. The van der Waals surface area contributed by atoms with Gasteiger partial charge in [0.25, 0.3) is 0 Å². The molecule has 31 heavy (non-hydrogen) atoms. The summed E-state index contributed by atoms with van der Waals surface area (Å²) in [5, 5.41) is 8.55. The van der Waals surface area contributed by atoms with Gasteiger partial charge in [0.1, 0.15) is 18.2 Å². The van der Waals surface area contributed by atoms with E-state index in [-0.39, 0.29) is 11.8 Å². The average molecular weight is 431 g/mol. The SMILES string of the molecule is C=CCOc1cccc(C2CC(=O)Nc3c2c(C)nn3-c2nc3ccc(C)cc3s2)c1. The van der Waals surface area contributed by atoms with Crippen LogP contribution in [0, 0.1) is 13.8 Å². The number of aromatic nitrogens is 3. The topological polar surface area (TPSA) is 69.0 Å². The van der Waals surface area contributed by atoms with Crippen LogP contribution < -0.4 is 10.1 Å². The third-order valence-corrected chi connectivity index (χ3v) is 6.44. The number of fused-ring (bicyclic) bond motifs is 2. The predicted octanol–water partition coefficient (Wildman–Crippen LogP) is 5.14. The fourth-order valence-corrected chi connectivity index (χ4v) is 5.08. The zero-order chi connectivity index (χ0) is 21.5. The van der Waals surface area contributed by atoms with Gasteiger partial charge in [-0.05, 0) is 49.2 Å². The number of nitrogens with one attached hydrogen (secondary N) is 1. The van der Waals surface area contributed by atoms with E-state index in [4.69, 9.17) is 14.8 Å². The van der Waals surface area contributed by atoms with Gasteiger partial charge >= 0.3 is 0 Å². The molecule has 4 aromatic rings. The minimum absolute atomic E-state index is 0.0342. The summed E-state index contributed by atoms with van der Waals surface area (Å²) < 4.78 is 8.57. The second-order valence-corrected chi connectivity index (χ2v) is 8.71. The van der Waals surface area contributed by atoms with Crippen LogP contribution in [0.1, 0.15) is 34.7 Å². The molecule has 6 nitrogen and oxygen atoms in total. The van der Waals surface area contributed by atoms with Gasteiger partial charge in [-0.2, -0.15) is 9.78 Å². The Hall–Kier alpha value is -3.45. The van der Waals surface area contributed by atoms with Gasteiger partial charge in [-0.1, -0.05) is 42.2 Å². The predicted molar refractivity (Wildman–Crippen MR) is 123 cm³/mol. The number of nitrogens with zero attached hydrogens (tertiary/aromatic N) is 3. The van der Waals surface area contributed by atoms with Crippen LogP contribution in [0.15, 0.2) is 55.1 Å². The molecule has 0 radical (unpaired) electrons. The molecule has 0 saturated carbocycles. The molecule has 1 aliphatic rings. The minimum atomic E-state index is -0.0959. The molecule has 0 bridgehead atoms. The van der Waals surface area contributed by atoms with Gasteiger partial charge in [0.2, 0.25) is 11.0 Å². The maximum Gasteiger partial charge on any atom is 0.226 e. The zero-order valence-corrected chi connectivity index (χ0v) is 18.2. The Morgan fingerprint density at radius 2 is 2.16 bits per heavy atom. The van der Waals surface area contributed by atoms with E-state index in [0.717, 1.165) is 37.9 Å². The van der Waals surface area contributed by atoms with Crippen molar-refractivity contribution in [3.8, 4) is 10.9 Å². The second kappa shape index (κ2) is 7.67. The van der Waals surface area contributed by atoms with Crippen molar-refractivity contribution >= 4 is 33.3 Å².